The van der Waals surface area contributed by atoms with Gasteiger partial charge in [-0.15, -0.1) is 0 Å². The van der Waals surface area contributed by atoms with Gasteiger partial charge in [0.15, 0.2) is 0 Å². The molecular weight excluding hydrogens is 298 g/mol. The van der Waals surface area contributed by atoms with Gasteiger partial charge in [0.1, 0.15) is 12.7 Å². The zero-order valence-corrected chi connectivity index (χ0v) is 13.4. The van der Waals surface area contributed by atoms with Gasteiger partial charge in [-0.25, -0.2) is 4.98 Å². The van der Waals surface area contributed by atoms with Crippen molar-refractivity contribution < 1.29 is 5.11 Å². The summed E-state index contributed by atoms with van der Waals surface area (Å²) < 4.78 is 1.75. The zero-order chi connectivity index (χ0) is 15.4. The molecule has 22 heavy (non-hydrogen) atoms. The van der Waals surface area contributed by atoms with Crippen molar-refractivity contribution in [2.45, 2.75) is 50.7 Å². The summed E-state index contributed by atoms with van der Waals surface area (Å²) in [5.41, 5.74) is 0.512. The van der Waals surface area contributed by atoms with Gasteiger partial charge in [0.2, 0.25) is 0 Å². The van der Waals surface area contributed by atoms with E-state index >= 15 is 0 Å². The summed E-state index contributed by atoms with van der Waals surface area (Å²) in [5, 5.41) is 16.2. The molecule has 0 amide bonds. The Labute approximate surface area is 136 Å². The minimum absolute atomic E-state index is 0.236. The molecule has 0 saturated heterocycles. The van der Waals surface area contributed by atoms with Crippen molar-refractivity contribution in [3.8, 4) is 0 Å². The third kappa shape index (κ3) is 3.68. The van der Waals surface area contributed by atoms with Crippen molar-refractivity contribution >= 4 is 11.6 Å². The van der Waals surface area contributed by atoms with Gasteiger partial charge in [-0.1, -0.05) is 43.0 Å². The first kappa shape index (κ1) is 15.5. The summed E-state index contributed by atoms with van der Waals surface area (Å²) in [7, 11) is 0. The SMILES string of the molecule is O[C@]1(Cn2cncn2)CCCCC[C@H]1Cc1ccc(Cl)cc1. The molecule has 2 atom stereocenters. The number of benzene rings is 1. The van der Waals surface area contributed by atoms with Gasteiger partial charge in [0, 0.05) is 5.02 Å². The molecule has 1 aromatic carbocycles. The molecular formula is C17H22ClN3O. The van der Waals surface area contributed by atoms with E-state index < -0.39 is 5.60 Å². The standard InChI is InChI=1S/C17H22ClN3O/c18-16-7-5-14(6-8-16)10-15-4-2-1-3-9-17(15,22)11-21-13-19-12-20-21/h5-8,12-13,15,22H,1-4,9-11H2/t15-,17-/m0/s1. The number of aliphatic hydroxyl groups is 1. The van der Waals surface area contributed by atoms with Crippen LogP contribution in [0.15, 0.2) is 36.9 Å². The third-order valence-electron chi connectivity index (χ3n) is 4.72. The quantitative estimate of drug-likeness (QED) is 0.878. The fourth-order valence-corrected chi connectivity index (χ4v) is 3.60. The van der Waals surface area contributed by atoms with Crippen molar-refractivity contribution in [1.29, 1.82) is 0 Å². The molecule has 0 spiro atoms. The lowest BCUT2D eigenvalue weighted by atomic mass is 9.79. The molecule has 2 aromatic rings. The molecule has 5 heteroatoms. The molecule has 1 aromatic heterocycles. The molecule has 4 nitrogen and oxygen atoms in total. The summed E-state index contributed by atoms with van der Waals surface area (Å²) in [5.74, 6) is 0.236. The molecule has 0 aliphatic heterocycles. The molecule has 0 bridgehead atoms. The number of halogens is 1. The van der Waals surface area contributed by atoms with Crippen LogP contribution in [0.25, 0.3) is 0 Å². The van der Waals surface area contributed by atoms with Gasteiger partial charge in [0.25, 0.3) is 0 Å². The minimum Gasteiger partial charge on any atom is -0.388 e. The summed E-state index contributed by atoms with van der Waals surface area (Å²) >= 11 is 5.96. The van der Waals surface area contributed by atoms with Crippen LogP contribution in [0.4, 0.5) is 0 Å². The molecule has 1 aliphatic rings. The molecule has 118 valence electrons. The Morgan fingerprint density at radius 1 is 1.23 bits per heavy atom. The van der Waals surface area contributed by atoms with E-state index in [0.29, 0.717) is 6.54 Å². The highest BCUT2D eigenvalue weighted by molar-refractivity contribution is 6.30. The first-order valence-electron chi connectivity index (χ1n) is 7.95. The number of rotatable bonds is 4. The highest BCUT2D eigenvalue weighted by Gasteiger charge is 2.38. The lowest BCUT2D eigenvalue weighted by molar-refractivity contribution is -0.0421. The average Bonchev–Trinajstić information content (AvgIpc) is 2.93. The first-order chi connectivity index (χ1) is 10.7. The topological polar surface area (TPSA) is 50.9 Å². The van der Waals surface area contributed by atoms with Crippen molar-refractivity contribution in [1.82, 2.24) is 14.8 Å². The average molecular weight is 320 g/mol. The molecule has 1 fully saturated rings. The van der Waals surface area contributed by atoms with Crippen LogP contribution >= 0.6 is 11.6 Å². The van der Waals surface area contributed by atoms with Gasteiger partial charge < -0.3 is 5.11 Å². The Hall–Kier alpha value is -1.39. The van der Waals surface area contributed by atoms with E-state index in [-0.39, 0.29) is 5.92 Å². The summed E-state index contributed by atoms with van der Waals surface area (Å²) in [6.07, 6.45) is 9.40. The molecule has 3 rings (SSSR count). The lowest BCUT2D eigenvalue weighted by Crippen LogP contribution is -2.42. The van der Waals surface area contributed by atoms with E-state index in [1.165, 1.54) is 24.7 Å². The van der Waals surface area contributed by atoms with Crippen LogP contribution in [0, 0.1) is 5.92 Å². The van der Waals surface area contributed by atoms with Crippen LogP contribution in [-0.4, -0.2) is 25.5 Å². The maximum Gasteiger partial charge on any atom is 0.137 e. The monoisotopic (exact) mass is 319 g/mol. The van der Waals surface area contributed by atoms with Gasteiger partial charge in [-0.3, -0.25) is 4.68 Å². The maximum absolute atomic E-state index is 11.3. The second-order valence-electron chi connectivity index (χ2n) is 6.32. The summed E-state index contributed by atoms with van der Waals surface area (Å²) in [6, 6.07) is 7.96. The van der Waals surface area contributed by atoms with Gasteiger partial charge in [-0.2, -0.15) is 5.10 Å². The van der Waals surface area contributed by atoms with Gasteiger partial charge in [0.05, 0.1) is 12.1 Å². The predicted octanol–water partition coefficient (Wildman–Crippen LogP) is 3.49. The van der Waals surface area contributed by atoms with Crippen molar-refractivity contribution in [3.63, 3.8) is 0 Å². The van der Waals surface area contributed by atoms with Crippen LogP contribution in [0.5, 0.6) is 0 Å². The third-order valence-corrected chi connectivity index (χ3v) is 4.97. The Bertz CT molecular complexity index is 584. The fourth-order valence-electron chi connectivity index (χ4n) is 3.47. The molecule has 0 radical (unpaired) electrons. The number of hydrogen-bond donors (Lipinski definition) is 1. The van der Waals surface area contributed by atoms with Crippen molar-refractivity contribution in [3.05, 3.63) is 47.5 Å². The van der Waals surface area contributed by atoms with Crippen LogP contribution in [0.2, 0.25) is 5.02 Å². The highest BCUT2D eigenvalue weighted by atomic mass is 35.5. The Morgan fingerprint density at radius 2 is 2.05 bits per heavy atom. The van der Waals surface area contributed by atoms with Crippen LogP contribution in [0.3, 0.4) is 0 Å². The smallest absolute Gasteiger partial charge is 0.137 e. The summed E-state index contributed by atoms with van der Waals surface area (Å²) in [4.78, 5) is 3.99. The molecule has 1 heterocycles. The van der Waals surface area contributed by atoms with Gasteiger partial charge in [-0.05, 0) is 42.9 Å². The van der Waals surface area contributed by atoms with E-state index in [2.05, 4.69) is 22.2 Å². The first-order valence-corrected chi connectivity index (χ1v) is 8.33. The van der Waals surface area contributed by atoms with E-state index in [1.54, 1.807) is 11.0 Å². The number of aromatic nitrogens is 3. The molecule has 1 aliphatic carbocycles. The minimum atomic E-state index is -0.718. The molecule has 1 N–H and O–H groups in total. The maximum atomic E-state index is 11.3. The molecule has 0 unspecified atom stereocenters. The fraction of sp³-hybridized carbons (Fsp3) is 0.529. The van der Waals surface area contributed by atoms with E-state index in [0.717, 1.165) is 30.7 Å². The van der Waals surface area contributed by atoms with Crippen LogP contribution in [0.1, 0.15) is 37.7 Å². The summed E-state index contributed by atoms with van der Waals surface area (Å²) in [6.45, 7) is 0.519. The second-order valence-corrected chi connectivity index (χ2v) is 6.76. The Balaban J connectivity index is 1.79. The predicted molar refractivity (Wildman–Crippen MR) is 86.7 cm³/mol. The van der Waals surface area contributed by atoms with Crippen molar-refractivity contribution in [2.75, 3.05) is 0 Å². The van der Waals surface area contributed by atoms with Crippen molar-refractivity contribution in [2.24, 2.45) is 5.92 Å². The normalized spacial score (nSPS) is 25.8. The van der Waals surface area contributed by atoms with Crippen LogP contribution in [-0.2, 0) is 13.0 Å². The number of hydrogen-bond acceptors (Lipinski definition) is 3. The Kier molecular flexibility index (Phi) is 4.79. The Morgan fingerprint density at radius 3 is 2.77 bits per heavy atom. The molecule has 1 saturated carbocycles. The van der Waals surface area contributed by atoms with Gasteiger partial charge >= 0.3 is 0 Å². The van der Waals surface area contributed by atoms with E-state index in [9.17, 15) is 5.11 Å². The highest BCUT2D eigenvalue weighted by Crippen LogP contribution is 2.36. The van der Waals surface area contributed by atoms with E-state index in [4.69, 9.17) is 11.6 Å². The van der Waals surface area contributed by atoms with E-state index in [1.807, 2.05) is 12.1 Å². The number of nitrogens with zero attached hydrogens (tertiary/aromatic N) is 3. The second kappa shape index (κ2) is 6.80. The largest absolute Gasteiger partial charge is 0.388 e. The van der Waals surface area contributed by atoms with Crippen LogP contribution < -0.4 is 0 Å². The zero-order valence-electron chi connectivity index (χ0n) is 12.7. The lowest BCUT2D eigenvalue weighted by Gasteiger charge is -2.35.